The lowest BCUT2D eigenvalue weighted by Crippen LogP contribution is -2.27. The zero-order chi connectivity index (χ0) is 23.1. The van der Waals surface area contributed by atoms with Crippen LogP contribution >= 0.6 is 0 Å². The Morgan fingerprint density at radius 3 is 1.84 bits per heavy atom. The Labute approximate surface area is 198 Å². The number of ether oxygens (including phenoxy) is 4. The van der Waals surface area contributed by atoms with Crippen molar-refractivity contribution in [3.8, 4) is 0 Å². The smallest absolute Gasteiger partial charge is 0.302 e. The number of epoxide rings is 1. The van der Waals surface area contributed by atoms with E-state index in [1.54, 1.807) is 0 Å². The van der Waals surface area contributed by atoms with Crippen LogP contribution in [0.3, 0.4) is 0 Å². The molecule has 0 radical (unpaired) electrons. The number of esters is 1. The van der Waals surface area contributed by atoms with E-state index in [0.29, 0.717) is 19.3 Å². The third kappa shape index (κ3) is 21.2. The van der Waals surface area contributed by atoms with Gasteiger partial charge in [0.25, 0.3) is 0 Å². The first kappa shape index (κ1) is 29.4. The number of hydrogen-bond acceptors (Lipinski definition) is 5. The number of hydrogen-bond donors (Lipinski definition) is 0. The summed E-state index contributed by atoms with van der Waals surface area (Å²) in [6.07, 6.45) is 22.6. The third-order valence-corrected chi connectivity index (χ3v) is 6.09. The maximum absolute atomic E-state index is 11.1. The van der Waals surface area contributed by atoms with Crippen LogP contribution in [0.2, 0.25) is 0 Å². The third-order valence-electron chi connectivity index (χ3n) is 6.09. The second kappa shape index (κ2) is 22.2. The van der Waals surface area contributed by atoms with Gasteiger partial charge in [-0.3, -0.25) is 4.79 Å². The Bertz CT molecular complexity index is 411. The van der Waals surface area contributed by atoms with Crippen LogP contribution in [0, 0.1) is 0 Å². The Morgan fingerprint density at radius 2 is 1.31 bits per heavy atom. The zero-order valence-corrected chi connectivity index (χ0v) is 21.3. The van der Waals surface area contributed by atoms with E-state index < -0.39 is 0 Å². The molecule has 2 atom stereocenters. The first-order chi connectivity index (χ1) is 15.7. The van der Waals surface area contributed by atoms with Gasteiger partial charge in [0, 0.05) is 20.1 Å². The van der Waals surface area contributed by atoms with Crippen LogP contribution in [0.5, 0.6) is 0 Å². The summed E-state index contributed by atoms with van der Waals surface area (Å²) in [5.41, 5.74) is 0. The fourth-order valence-corrected chi connectivity index (χ4v) is 3.93. The standard InChI is InChI=1S/C27H52O5/c1-3-4-5-6-7-8-9-10-11-12-13-14-15-17-20-29-22-27(24-31-25(2)28)30-21-18-16-19-26-23-32-26/h26-27H,3-24H2,1-2H3. The highest BCUT2D eigenvalue weighted by molar-refractivity contribution is 5.65. The average Bonchev–Trinajstić information content (AvgIpc) is 3.60. The van der Waals surface area contributed by atoms with E-state index >= 15 is 0 Å². The summed E-state index contributed by atoms with van der Waals surface area (Å²) >= 11 is 0. The van der Waals surface area contributed by atoms with Crippen LogP contribution in [0.15, 0.2) is 0 Å². The molecule has 0 aromatic rings. The molecule has 2 unspecified atom stereocenters. The average molecular weight is 457 g/mol. The van der Waals surface area contributed by atoms with Gasteiger partial charge in [0.05, 0.1) is 19.3 Å². The molecule has 0 spiro atoms. The normalized spacial score (nSPS) is 16.2. The molecule has 190 valence electrons. The summed E-state index contributed by atoms with van der Waals surface area (Å²) < 4.78 is 22.0. The molecule has 1 saturated heterocycles. The first-order valence-corrected chi connectivity index (χ1v) is 13.7. The predicted molar refractivity (Wildman–Crippen MR) is 131 cm³/mol. The van der Waals surface area contributed by atoms with E-state index in [0.717, 1.165) is 38.9 Å². The van der Waals surface area contributed by atoms with Crippen LogP contribution in [0.4, 0.5) is 0 Å². The van der Waals surface area contributed by atoms with Gasteiger partial charge in [-0.2, -0.15) is 0 Å². The molecule has 1 aliphatic rings. The molecule has 5 heteroatoms. The molecular weight excluding hydrogens is 404 g/mol. The molecule has 1 fully saturated rings. The van der Waals surface area contributed by atoms with Gasteiger partial charge in [-0.05, 0) is 25.7 Å². The van der Waals surface area contributed by atoms with E-state index in [1.807, 2.05) is 0 Å². The van der Waals surface area contributed by atoms with E-state index in [1.165, 1.54) is 90.4 Å². The Balaban J connectivity index is 1.86. The van der Waals surface area contributed by atoms with Gasteiger partial charge < -0.3 is 18.9 Å². The Kier molecular flexibility index (Phi) is 20.3. The van der Waals surface area contributed by atoms with Crippen LogP contribution in [0.25, 0.3) is 0 Å². The van der Waals surface area contributed by atoms with Gasteiger partial charge in [0.1, 0.15) is 12.7 Å². The molecule has 0 aliphatic carbocycles. The Hall–Kier alpha value is -0.650. The van der Waals surface area contributed by atoms with Gasteiger partial charge in [-0.1, -0.05) is 90.4 Å². The van der Waals surface area contributed by atoms with Crippen molar-refractivity contribution in [3.05, 3.63) is 0 Å². The summed E-state index contributed by atoms with van der Waals surface area (Å²) in [5, 5.41) is 0. The summed E-state index contributed by atoms with van der Waals surface area (Å²) in [5.74, 6) is -0.267. The van der Waals surface area contributed by atoms with Gasteiger partial charge >= 0.3 is 5.97 Å². The highest BCUT2D eigenvalue weighted by Gasteiger charge is 2.21. The van der Waals surface area contributed by atoms with E-state index in [2.05, 4.69) is 6.92 Å². The van der Waals surface area contributed by atoms with Crippen molar-refractivity contribution >= 4 is 5.97 Å². The van der Waals surface area contributed by atoms with Gasteiger partial charge in [0.15, 0.2) is 0 Å². The fraction of sp³-hybridized carbons (Fsp3) is 0.963. The summed E-state index contributed by atoms with van der Waals surface area (Å²) in [6, 6.07) is 0. The van der Waals surface area contributed by atoms with Gasteiger partial charge in [-0.25, -0.2) is 0 Å². The van der Waals surface area contributed by atoms with Crippen LogP contribution in [-0.2, 0) is 23.7 Å². The number of rotatable bonds is 25. The first-order valence-electron chi connectivity index (χ1n) is 13.7. The topological polar surface area (TPSA) is 57.3 Å². The molecule has 0 amide bonds. The minimum atomic E-state index is -0.267. The molecule has 0 saturated carbocycles. The van der Waals surface area contributed by atoms with Crippen molar-refractivity contribution in [2.45, 2.75) is 135 Å². The molecule has 0 bridgehead atoms. The Morgan fingerprint density at radius 1 is 0.781 bits per heavy atom. The molecule has 5 nitrogen and oxygen atoms in total. The molecule has 0 aromatic carbocycles. The lowest BCUT2D eigenvalue weighted by atomic mass is 10.0. The van der Waals surface area contributed by atoms with E-state index in [-0.39, 0.29) is 18.7 Å². The second-order valence-electron chi connectivity index (χ2n) is 9.42. The molecule has 0 N–H and O–H groups in total. The minimum Gasteiger partial charge on any atom is -0.463 e. The maximum Gasteiger partial charge on any atom is 0.302 e. The highest BCUT2D eigenvalue weighted by atomic mass is 16.6. The van der Waals surface area contributed by atoms with Crippen LogP contribution in [-0.4, -0.2) is 51.2 Å². The molecular formula is C27H52O5. The fourth-order valence-electron chi connectivity index (χ4n) is 3.93. The molecule has 1 aliphatic heterocycles. The van der Waals surface area contributed by atoms with Crippen molar-refractivity contribution in [2.75, 3.05) is 33.0 Å². The van der Waals surface area contributed by atoms with Crippen molar-refractivity contribution in [1.82, 2.24) is 0 Å². The second-order valence-corrected chi connectivity index (χ2v) is 9.42. The largest absolute Gasteiger partial charge is 0.463 e. The van der Waals surface area contributed by atoms with Gasteiger partial charge in [0.2, 0.25) is 0 Å². The van der Waals surface area contributed by atoms with Crippen molar-refractivity contribution in [1.29, 1.82) is 0 Å². The van der Waals surface area contributed by atoms with Crippen molar-refractivity contribution < 1.29 is 23.7 Å². The highest BCUT2D eigenvalue weighted by Crippen LogP contribution is 2.16. The molecule has 32 heavy (non-hydrogen) atoms. The van der Waals surface area contributed by atoms with Crippen molar-refractivity contribution in [3.63, 3.8) is 0 Å². The quantitative estimate of drug-likeness (QED) is 0.0840. The number of carbonyl (C=O) groups is 1. The summed E-state index contributed by atoms with van der Waals surface area (Å²) in [7, 11) is 0. The SMILES string of the molecule is CCCCCCCCCCCCCCCCOCC(COC(C)=O)OCCCCC1CO1. The predicted octanol–water partition coefficient (Wildman–Crippen LogP) is 7.00. The van der Waals surface area contributed by atoms with Gasteiger partial charge in [-0.15, -0.1) is 0 Å². The summed E-state index contributed by atoms with van der Waals surface area (Å²) in [6.45, 7) is 6.85. The monoisotopic (exact) mass is 456 g/mol. The number of carbonyl (C=O) groups excluding carboxylic acids is 1. The maximum atomic E-state index is 11.1. The lowest BCUT2D eigenvalue weighted by molar-refractivity contribution is -0.147. The van der Waals surface area contributed by atoms with Crippen LogP contribution < -0.4 is 0 Å². The van der Waals surface area contributed by atoms with Crippen molar-refractivity contribution in [2.24, 2.45) is 0 Å². The van der Waals surface area contributed by atoms with Crippen LogP contribution in [0.1, 0.15) is 123 Å². The van der Waals surface area contributed by atoms with E-state index in [4.69, 9.17) is 18.9 Å². The molecule has 1 heterocycles. The summed E-state index contributed by atoms with van der Waals surface area (Å²) in [4.78, 5) is 11.1. The minimum absolute atomic E-state index is 0.164. The zero-order valence-electron chi connectivity index (χ0n) is 21.3. The van der Waals surface area contributed by atoms with E-state index in [9.17, 15) is 4.79 Å². The lowest BCUT2D eigenvalue weighted by Gasteiger charge is -2.18. The molecule has 1 rings (SSSR count). The number of unbranched alkanes of at least 4 members (excludes halogenated alkanes) is 14. The molecule has 0 aromatic heterocycles.